The molecule has 0 aliphatic heterocycles. The molecule has 1 aromatic carbocycles. The maximum Gasteiger partial charge on any atom is 0.134 e. The van der Waals surface area contributed by atoms with E-state index in [0.29, 0.717) is 5.92 Å². The number of hydrogen-bond acceptors (Lipinski definition) is 2. The van der Waals surface area contributed by atoms with Gasteiger partial charge in [-0.05, 0) is 37.5 Å². The molecule has 1 unspecified atom stereocenters. The standard InChI is InChI=1S/C17H22O2/c1-12-7-8-16-14(9-12)11-17(19-16)15(18)10-13-5-3-2-4-6-13/h7-9,11,13,15,18H,2-6,10H2,1H3. The monoisotopic (exact) mass is 258 g/mol. The number of fused-ring (bicyclic) bond motifs is 1. The first kappa shape index (κ1) is 12.7. The Kier molecular flexibility index (Phi) is 3.61. The molecular weight excluding hydrogens is 236 g/mol. The molecular formula is C17H22O2. The zero-order chi connectivity index (χ0) is 13.2. The van der Waals surface area contributed by atoms with E-state index >= 15 is 0 Å². The van der Waals surface area contributed by atoms with Crippen molar-refractivity contribution < 1.29 is 9.52 Å². The third kappa shape index (κ3) is 2.84. The molecule has 19 heavy (non-hydrogen) atoms. The normalized spacial score (nSPS) is 18.8. The van der Waals surface area contributed by atoms with E-state index in [9.17, 15) is 5.11 Å². The maximum absolute atomic E-state index is 10.3. The molecule has 0 radical (unpaired) electrons. The van der Waals surface area contributed by atoms with E-state index in [4.69, 9.17) is 4.42 Å². The zero-order valence-electron chi connectivity index (χ0n) is 11.6. The Labute approximate surface area is 114 Å². The SMILES string of the molecule is Cc1ccc2oc(C(O)CC3CCCCC3)cc2c1. The third-order valence-corrected chi connectivity index (χ3v) is 4.30. The summed E-state index contributed by atoms with van der Waals surface area (Å²) in [6, 6.07) is 8.14. The van der Waals surface area contributed by atoms with Crippen molar-refractivity contribution in [3.63, 3.8) is 0 Å². The molecule has 2 heteroatoms. The van der Waals surface area contributed by atoms with Crippen LogP contribution in [0, 0.1) is 12.8 Å². The second kappa shape index (κ2) is 5.38. The summed E-state index contributed by atoms with van der Waals surface area (Å²) in [5.41, 5.74) is 2.10. The van der Waals surface area contributed by atoms with Gasteiger partial charge >= 0.3 is 0 Å². The quantitative estimate of drug-likeness (QED) is 0.862. The largest absolute Gasteiger partial charge is 0.458 e. The number of aliphatic hydroxyl groups excluding tert-OH is 1. The number of benzene rings is 1. The van der Waals surface area contributed by atoms with E-state index in [2.05, 4.69) is 13.0 Å². The molecule has 1 aliphatic carbocycles. The molecule has 102 valence electrons. The first-order valence-electron chi connectivity index (χ1n) is 7.40. The van der Waals surface area contributed by atoms with E-state index in [1.807, 2.05) is 18.2 Å². The van der Waals surface area contributed by atoms with Crippen LogP contribution < -0.4 is 0 Å². The lowest BCUT2D eigenvalue weighted by atomic mass is 9.85. The minimum atomic E-state index is -0.448. The maximum atomic E-state index is 10.3. The number of aryl methyl sites for hydroxylation is 1. The van der Waals surface area contributed by atoms with Gasteiger partial charge in [0.25, 0.3) is 0 Å². The Morgan fingerprint density at radius 2 is 2.00 bits per heavy atom. The number of furan rings is 1. The number of rotatable bonds is 3. The van der Waals surface area contributed by atoms with Crippen molar-refractivity contribution in [2.45, 2.75) is 51.6 Å². The Morgan fingerprint density at radius 1 is 1.21 bits per heavy atom. The molecule has 0 amide bonds. The molecule has 3 rings (SSSR count). The van der Waals surface area contributed by atoms with E-state index < -0.39 is 6.10 Å². The summed E-state index contributed by atoms with van der Waals surface area (Å²) in [4.78, 5) is 0. The van der Waals surface area contributed by atoms with Crippen LogP contribution in [0.4, 0.5) is 0 Å². The van der Waals surface area contributed by atoms with Gasteiger partial charge < -0.3 is 9.52 Å². The van der Waals surface area contributed by atoms with Crippen LogP contribution in [-0.4, -0.2) is 5.11 Å². The fourth-order valence-electron chi connectivity index (χ4n) is 3.20. The molecule has 1 saturated carbocycles. The lowest BCUT2D eigenvalue weighted by Gasteiger charge is -2.23. The van der Waals surface area contributed by atoms with Crippen LogP contribution >= 0.6 is 0 Å². The molecule has 0 bridgehead atoms. The van der Waals surface area contributed by atoms with Gasteiger partial charge in [0.1, 0.15) is 17.4 Å². The molecule has 1 N–H and O–H groups in total. The van der Waals surface area contributed by atoms with Crippen LogP contribution in [-0.2, 0) is 0 Å². The third-order valence-electron chi connectivity index (χ3n) is 4.30. The molecule has 0 saturated heterocycles. The van der Waals surface area contributed by atoms with Gasteiger partial charge in [-0.1, -0.05) is 43.7 Å². The smallest absolute Gasteiger partial charge is 0.134 e. The highest BCUT2D eigenvalue weighted by molar-refractivity contribution is 5.78. The number of hydrogen-bond donors (Lipinski definition) is 1. The Hall–Kier alpha value is -1.28. The molecule has 2 aromatic rings. The van der Waals surface area contributed by atoms with E-state index in [-0.39, 0.29) is 0 Å². The van der Waals surface area contributed by atoms with Crippen molar-refractivity contribution in [1.29, 1.82) is 0 Å². The van der Waals surface area contributed by atoms with Gasteiger partial charge in [0.2, 0.25) is 0 Å². The fraction of sp³-hybridized carbons (Fsp3) is 0.529. The topological polar surface area (TPSA) is 33.4 Å². The van der Waals surface area contributed by atoms with E-state index in [1.165, 1.54) is 37.7 Å². The van der Waals surface area contributed by atoms with Crippen LogP contribution in [0.3, 0.4) is 0 Å². The summed E-state index contributed by atoms with van der Waals surface area (Å²) < 4.78 is 5.78. The van der Waals surface area contributed by atoms with Crippen LogP contribution in [0.1, 0.15) is 56.0 Å². The highest BCUT2D eigenvalue weighted by Gasteiger charge is 2.21. The first-order chi connectivity index (χ1) is 9.22. The molecule has 2 nitrogen and oxygen atoms in total. The van der Waals surface area contributed by atoms with E-state index in [1.54, 1.807) is 0 Å². The lowest BCUT2D eigenvalue weighted by Crippen LogP contribution is -2.10. The Bertz CT molecular complexity index is 549. The van der Waals surface area contributed by atoms with Crippen molar-refractivity contribution in [1.82, 2.24) is 0 Å². The summed E-state index contributed by atoms with van der Waals surface area (Å²) in [7, 11) is 0. The lowest BCUT2D eigenvalue weighted by molar-refractivity contribution is 0.111. The van der Waals surface area contributed by atoms with Gasteiger partial charge in [0, 0.05) is 5.39 Å². The van der Waals surface area contributed by atoms with Gasteiger partial charge in [-0.15, -0.1) is 0 Å². The van der Waals surface area contributed by atoms with Crippen molar-refractivity contribution in [3.05, 3.63) is 35.6 Å². The van der Waals surface area contributed by atoms with Gasteiger partial charge in [0.15, 0.2) is 0 Å². The summed E-state index contributed by atoms with van der Waals surface area (Å²) >= 11 is 0. The minimum Gasteiger partial charge on any atom is -0.458 e. The highest BCUT2D eigenvalue weighted by Crippen LogP contribution is 2.33. The molecule has 0 spiro atoms. The fourth-order valence-corrected chi connectivity index (χ4v) is 3.20. The Morgan fingerprint density at radius 3 is 2.79 bits per heavy atom. The van der Waals surface area contributed by atoms with Crippen molar-refractivity contribution in [2.75, 3.05) is 0 Å². The van der Waals surface area contributed by atoms with Crippen molar-refractivity contribution in [3.8, 4) is 0 Å². The van der Waals surface area contributed by atoms with Crippen molar-refractivity contribution in [2.24, 2.45) is 5.92 Å². The molecule has 1 aromatic heterocycles. The highest BCUT2D eigenvalue weighted by atomic mass is 16.4. The summed E-state index contributed by atoms with van der Waals surface area (Å²) in [5.74, 6) is 1.39. The van der Waals surface area contributed by atoms with Crippen LogP contribution in [0.25, 0.3) is 11.0 Å². The predicted molar refractivity (Wildman–Crippen MR) is 77.1 cm³/mol. The average Bonchev–Trinajstić information content (AvgIpc) is 2.83. The van der Waals surface area contributed by atoms with Crippen LogP contribution in [0.5, 0.6) is 0 Å². The minimum absolute atomic E-state index is 0.448. The summed E-state index contributed by atoms with van der Waals surface area (Å²) in [6.07, 6.45) is 6.91. The van der Waals surface area contributed by atoms with Gasteiger partial charge in [0.05, 0.1) is 0 Å². The summed E-state index contributed by atoms with van der Waals surface area (Å²) in [5, 5.41) is 11.4. The molecule has 1 atom stereocenters. The number of aliphatic hydroxyl groups is 1. The second-order valence-electron chi connectivity index (χ2n) is 5.95. The average molecular weight is 258 g/mol. The molecule has 1 aliphatic rings. The van der Waals surface area contributed by atoms with Crippen molar-refractivity contribution >= 4 is 11.0 Å². The zero-order valence-corrected chi connectivity index (χ0v) is 11.6. The van der Waals surface area contributed by atoms with E-state index in [0.717, 1.165) is 23.2 Å². The van der Waals surface area contributed by atoms with Gasteiger partial charge in [-0.3, -0.25) is 0 Å². The van der Waals surface area contributed by atoms with Gasteiger partial charge in [-0.25, -0.2) is 0 Å². The van der Waals surface area contributed by atoms with Crippen LogP contribution in [0.2, 0.25) is 0 Å². The Balaban J connectivity index is 1.75. The first-order valence-corrected chi connectivity index (χ1v) is 7.40. The molecule has 1 fully saturated rings. The summed E-state index contributed by atoms with van der Waals surface area (Å²) in [6.45, 7) is 2.07. The van der Waals surface area contributed by atoms with Crippen LogP contribution in [0.15, 0.2) is 28.7 Å². The predicted octanol–water partition coefficient (Wildman–Crippen LogP) is 4.75. The molecule has 1 heterocycles. The van der Waals surface area contributed by atoms with Gasteiger partial charge in [-0.2, -0.15) is 0 Å². The second-order valence-corrected chi connectivity index (χ2v) is 5.95.